The van der Waals surface area contributed by atoms with Gasteiger partial charge in [-0.1, -0.05) is 0 Å². The van der Waals surface area contributed by atoms with Gasteiger partial charge in [-0.3, -0.25) is 4.79 Å². The fourth-order valence-corrected chi connectivity index (χ4v) is 1.14. The number of phenols is 1. The van der Waals surface area contributed by atoms with Crippen LogP contribution in [0.15, 0.2) is 30.4 Å². The Hall–Kier alpha value is -2.30. The van der Waals surface area contributed by atoms with Gasteiger partial charge in [-0.15, -0.1) is 0 Å². The normalized spacial score (nSPS) is 10.2. The van der Waals surface area contributed by atoms with Gasteiger partial charge in [0, 0.05) is 6.08 Å². The lowest BCUT2D eigenvalue weighted by atomic mass is 10.1. The van der Waals surface area contributed by atoms with E-state index in [0.717, 1.165) is 12.2 Å². The van der Waals surface area contributed by atoms with E-state index in [4.69, 9.17) is 4.74 Å². The molecule has 0 aliphatic rings. The van der Waals surface area contributed by atoms with Crippen molar-refractivity contribution in [2.24, 2.45) is 0 Å². The van der Waals surface area contributed by atoms with Gasteiger partial charge in [-0.25, -0.2) is 4.79 Å². The summed E-state index contributed by atoms with van der Waals surface area (Å²) in [6.07, 6.45) is 2.02. The summed E-state index contributed by atoms with van der Waals surface area (Å²) in [5.74, 6) is -0.879. The Labute approximate surface area is 98.3 Å². The predicted octanol–water partition coefficient (Wildman–Crippen LogP) is 1.31. The average Bonchev–Trinajstić information content (AvgIpc) is 2.36. The molecule has 1 rings (SSSR count). The summed E-state index contributed by atoms with van der Waals surface area (Å²) in [5, 5.41) is 9.50. The Balaban J connectivity index is 2.95. The van der Waals surface area contributed by atoms with E-state index < -0.39 is 11.8 Å². The van der Waals surface area contributed by atoms with E-state index in [9.17, 15) is 14.7 Å². The molecule has 0 aliphatic heterocycles. The highest BCUT2D eigenvalue weighted by atomic mass is 16.5. The molecule has 0 radical (unpaired) electrons. The molecule has 0 aliphatic carbocycles. The highest BCUT2D eigenvalue weighted by Gasteiger charge is 2.10. The number of hydrogen-bond acceptors (Lipinski definition) is 5. The smallest absolute Gasteiger partial charge is 0.330 e. The predicted molar refractivity (Wildman–Crippen MR) is 60.1 cm³/mol. The number of methoxy groups -OCH3 is 2. The average molecular weight is 236 g/mol. The zero-order valence-corrected chi connectivity index (χ0v) is 9.47. The van der Waals surface area contributed by atoms with Crippen molar-refractivity contribution < 1.29 is 24.2 Å². The Bertz CT molecular complexity index is 462. The van der Waals surface area contributed by atoms with Crippen molar-refractivity contribution in [1.82, 2.24) is 0 Å². The maximum Gasteiger partial charge on any atom is 0.330 e. The molecule has 0 amide bonds. The van der Waals surface area contributed by atoms with Crippen molar-refractivity contribution in [2.75, 3.05) is 14.2 Å². The van der Waals surface area contributed by atoms with Crippen LogP contribution >= 0.6 is 0 Å². The zero-order chi connectivity index (χ0) is 12.8. The second kappa shape index (κ2) is 5.69. The van der Waals surface area contributed by atoms with E-state index in [1.54, 1.807) is 0 Å². The summed E-state index contributed by atoms with van der Waals surface area (Å²) in [6.45, 7) is 0. The second-order valence-corrected chi connectivity index (χ2v) is 3.10. The number of ketones is 1. The lowest BCUT2D eigenvalue weighted by Crippen LogP contribution is -1.99. The Kier molecular flexibility index (Phi) is 4.28. The fraction of sp³-hybridized carbons (Fsp3) is 0.167. The van der Waals surface area contributed by atoms with E-state index >= 15 is 0 Å². The number of carbonyl (C=O) groups excluding carboxylic acids is 2. The van der Waals surface area contributed by atoms with Crippen LogP contribution in [0.5, 0.6) is 11.5 Å². The fourth-order valence-electron chi connectivity index (χ4n) is 1.14. The Morgan fingerprint density at radius 1 is 1.24 bits per heavy atom. The van der Waals surface area contributed by atoms with Crippen LogP contribution in [-0.4, -0.2) is 31.1 Å². The number of hydrogen-bond donors (Lipinski definition) is 1. The molecule has 5 nitrogen and oxygen atoms in total. The van der Waals surface area contributed by atoms with E-state index in [0.29, 0.717) is 5.75 Å². The van der Waals surface area contributed by atoms with Crippen molar-refractivity contribution in [1.29, 1.82) is 0 Å². The van der Waals surface area contributed by atoms with Crippen LogP contribution < -0.4 is 4.74 Å². The van der Waals surface area contributed by atoms with Crippen LogP contribution in [0.2, 0.25) is 0 Å². The van der Waals surface area contributed by atoms with Gasteiger partial charge in [-0.05, 0) is 24.3 Å². The van der Waals surface area contributed by atoms with Crippen molar-refractivity contribution in [3.63, 3.8) is 0 Å². The molecule has 0 aromatic heterocycles. The molecule has 5 heteroatoms. The van der Waals surface area contributed by atoms with Crippen molar-refractivity contribution >= 4 is 11.8 Å². The topological polar surface area (TPSA) is 72.8 Å². The van der Waals surface area contributed by atoms with Crippen molar-refractivity contribution in [3.05, 3.63) is 35.9 Å². The summed E-state index contributed by atoms with van der Waals surface area (Å²) >= 11 is 0. The van der Waals surface area contributed by atoms with Crippen LogP contribution in [-0.2, 0) is 9.53 Å². The number of rotatable bonds is 4. The SMILES string of the molecule is COC(=O)/C=C/C(=O)c1cc(OC)ccc1O. The summed E-state index contributed by atoms with van der Waals surface area (Å²) < 4.78 is 9.27. The number of esters is 1. The molecule has 17 heavy (non-hydrogen) atoms. The molecule has 0 atom stereocenters. The summed E-state index contributed by atoms with van der Waals surface area (Å²) in [4.78, 5) is 22.5. The monoisotopic (exact) mass is 236 g/mol. The molecule has 90 valence electrons. The van der Waals surface area contributed by atoms with Crippen LogP contribution in [0.4, 0.5) is 0 Å². The minimum Gasteiger partial charge on any atom is -0.507 e. The molecule has 0 fully saturated rings. The van der Waals surface area contributed by atoms with Crippen LogP contribution in [0, 0.1) is 0 Å². The Morgan fingerprint density at radius 2 is 1.94 bits per heavy atom. The number of phenolic OH excluding ortho intramolecular Hbond substituents is 1. The molecule has 0 spiro atoms. The first-order valence-corrected chi connectivity index (χ1v) is 4.76. The molecule has 1 aromatic rings. The second-order valence-electron chi connectivity index (χ2n) is 3.10. The van der Waals surface area contributed by atoms with Gasteiger partial charge in [0.25, 0.3) is 0 Å². The summed E-state index contributed by atoms with van der Waals surface area (Å²) in [7, 11) is 2.66. The number of ether oxygens (including phenoxy) is 2. The molecular weight excluding hydrogens is 224 g/mol. The first-order chi connectivity index (χ1) is 8.08. The molecule has 1 N–H and O–H groups in total. The van der Waals surface area contributed by atoms with E-state index in [1.165, 1.54) is 32.4 Å². The van der Waals surface area contributed by atoms with Gasteiger partial charge < -0.3 is 14.6 Å². The minimum atomic E-state index is -0.638. The molecule has 0 saturated carbocycles. The van der Waals surface area contributed by atoms with Gasteiger partial charge in [-0.2, -0.15) is 0 Å². The molecule has 1 aromatic carbocycles. The maximum absolute atomic E-state index is 11.6. The van der Waals surface area contributed by atoms with Crippen LogP contribution in [0.3, 0.4) is 0 Å². The van der Waals surface area contributed by atoms with Gasteiger partial charge in [0.1, 0.15) is 11.5 Å². The summed E-state index contributed by atoms with van der Waals surface area (Å²) in [5.41, 5.74) is 0.0597. The third-order valence-electron chi connectivity index (χ3n) is 2.04. The lowest BCUT2D eigenvalue weighted by Gasteiger charge is -2.03. The largest absolute Gasteiger partial charge is 0.507 e. The van der Waals surface area contributed by atoms with Gasteiger partial charge >= 0.3 is 5.97 Å². The first kappa shape index (κ1) is 12.8. The molecule has 0 unspecified atom stereocenters. The lowest BCUT2D eigenvalue weighted by molar-refractivity contribution is -0.134. The molecule has 0 bridgehead atoms. The van der Waals surface area contributed by atoms with Gasteiger partial charge in [0.05, 0.1) is 19.8 Å². The van der Waals surface area contributed by atoms with Crippen molar-refractivity contribution in [2.45, 2.75) is 0 Å². The number of allylic oxidation sites excluding steroid dienone is 1. The maximum atomic E-state index is 11.6. The van der Waals surface area contributed by atoms with Crippen LogP contribution in [0.25, 0.3) is 0 Å². The first-order valence-electron chi connectivity index (χ1n) is 4.76. The quantitative estimate of drug-likeness (QED) is 0.484. The van der Waals surface area contributed by atoms with Crippen LogP contribution in [0.1, 0.15) is 10.4 Å². The van der Waals surface area contributed by atoms with E-state index in [2.05, 4.69) is 4.74 Å². The van der Waals surface area contributed by atoms with Gasteiger partial charge in [0.2, 0.25) is 0 Å². The summed E-state index contributed by atoms with van der Waals surface area (Å²) in [6, 6.07) is 4.26. The zero-order valence-electron chi connectivity index (χ0n) is 9.47. The third kappa shape index (κ3) is 3.34. The van der Waals surface area contributed by atoms with E-state index in [1.807, 2.05) is 0 Å². The number of carbonyl (C=O) groups is 2. The number of benzene rings is 1. The molecule has 0 saturated heterocycles. The standard InChI is InChI=1S/C12H12O5/c1-16-8-3-4-10(13)9(7-8)11(14)5-6-12(15)17-2/h3-7,13H,1-2H3/b6-5+. The van der Waals surface area contributed by atoms with Crippen molar-refractivity contribution in [3.8, 4) is 11.5 Å². The minimum absolute atomic E-state index is 0.0597. The number of aromatic hydroxyl groups is 1. The Morgan fingerprint density at radius 3 is 2.53 bits per heavy atom. The van der Waals surface area contributed by atoms with E-state index in [-0.39, 0.29) is 11.3 Å². The highest BCUT2D eigenvalue weighted by Crippen LogP contribution is 2.23. The molecule has 0 heterocycles. The van der Waals surface area contributed by atoms with Gasteiger partial charge in [0.15, 0.2) is 5.78 Å². The highest BCUT2D eigenvalue weighted by molar-refractivity contribution is 6.08. The molecular formula is C12H12O5. The third-order valence-corrected chi connectivity index (χ3v) is 2.04.